The molecule has 2 rings (SSSR count). The van der Waals surface area contributed by atoms with E-state index in [1.807, 2.05) is 0 Å². The molecule has 2 unspecified atom stereocenters. The maximum Gasteiger partial charge on any atom is 0.337 e. The van der Waals surface area contributed by atoms with Gasteiger partial charge in [-0.1, -0.05) is 37.6 Å². The monoisotopic (exact) mass is 413 g/mol. The number of nitrogens with zero attached hydrogens (tertiary/aromatic N) is 1. The van der Waals surface area contributed by atoms with Crippen LogP contribution in [-0.2, 0) is 10.2 Å². The van der Waals surface area contributed by atoms with Crippen LogP contribution in [0.15, 0.2) is 18.2 Å². The van der Waals surface area contributed by atoms with Gasteiger partial charge in [-0.05, 0) is 25.5 Å². The van der Waals surface area contributed by atoms with Crippen molar-refractivity contribution in [2.45, 2.75) is 45.0 Å². The average molecular weight is 414 g/mol. The molecule has 156 valence electrons. The Labute approximate surface area is 169 Å². The molecule has 0 bridgehead atoms. The number of aromatic carboxylic acids is 1. The molecule has 0 saturated carbocycles. The van der Waals surface area contributed by atoms with E-state index in [1.165, 1.54) is 6.07 Å². The molecule has 0 spiro atoms. The van der Waals surface area contributed by atoms with Crippen LogP contribution < -0.4 is 10.6 Å². The highest BCUT2D eigenvalue weighted by Gasteiger charge is 2.43. The van der Waals surface area contributed by atoms with Gasteiger partial charge in [-0.25, -0.2) is 9.59 Å². The van der Waals surface area contributed by atoms with Crippen LogP contribution in [0.4, 0.5) is 4.79 Å². The molecule has 4 N–H and O–H groups in total. The van der Waals surface area contributed by atoms with E-state index in [2.05, 4.69) is 10.6 Å². The number of ether oxygens (including phenoxy) is 1. The lowest BCUT2D eigenvalue weighted by molar-refractivity contribution is -0.0502. The summed E-state index contributed by atoms with van der Waals surface area (Å²) < 4.78 is 5.24. The Hall–Kier alpha value is -1.87. The Balaban J connectivity index is 2.14. The normalized spacial score (nSPS) is 18.3. The van der Waals surface area contributed by atoms with Crippen molar-refractivity contribution in [1.29, 1.82) is 0 Å². The summed E-state index contributed by atoms with van der Waals surface area (Å²) >= 11 is 6.31. The third-order valence-electron chi connectivity index (χ3n) is 5.26. The number of carbonyl (C=O) groups excluding carboxylic acids is 1. The topological polar surface area (TPSA) is 111 Å². The van der Waals surface area contributed by atoms with Crippen LogP contribution in [0, 0.1) is 0 Å². The zero-order valence-corrected chi connectivity index (χ0v) is 17.3. The molecule has 8 nitrogen and oxygen atoms in total. The van der Waals surface area contributed by atoms with Crippen molar-refractivity contribution >= 4 is 23.6 Å². The second-order valence-corrected chi connectivity index (χ2v) is 7.96. The Morgan fingerprint density at radius 3 is 2.43 bits per heavy atom. The first kappa shape index (κ1) is 22.4. The molecule has 0 aromatic heterocycles. The van der Waals surface area contributed by atoms with Gasteiger partial charge in [0.15, 0.2) is 0 Å². The smallest absolute Gasteiger partial charge is 0.337 e. The number of carbonyl (C=O) groups is 2. The fourth-order valence-corrected chi connectivity index (χ4v) is 3.57. The molecule has 9 heteroatoms. The van der Waals surface area contributed by atoms with Crippen LogP contribution in [0.25, 0.3) is 0 Å². The van der Waals surface area contributed by atoms with Gasteiger partial charge >= 0.3 is 12.0 Å². The number of halogens is 1. The molecular formula is C19H28ClN3O5. The molecule has 1 aromatic rings. The highest BCUT2D eigenvalue weighted by Crippen LogP contribution is 2.38. The van der Waals surface area contributed by atoms with Crippen LogP contribution in [0.3, 0.4) is 0 Å². The molecule has 1 aliphatic heterocycles. The largest absolute Gasteiger partial charge is 0.478 e. The van der Waals surface area contributed by atoms with Crippen LogP contribution in [0.2, 0.25) is 5.02 Å². The van der Waals surface area contributed by atoms with Gasteiger partial charge in [-0.3, -0.25) is 5.32 Å². The Kier molecular flexibility index (Phi) is 6.93. The predicted molar refractivity (Wildman–Crippen MR) is 106 cm³/mol. The van der Waals surface area contributed by atoms with Gasteiger partial charge in [-0.2, -0.15) is 0 Å². The summed E-state index contributed by atoms with van der Waals surface area (Å²) in [5.74, 6) is -1.14. The van der Waals surface area contributed by atoms with E-state index < -0.39 is 23.3 Å². The van der Waals surface area contributed by atoms with Gasteiger partial charge < -0.3 is 25.2 Å². The fourth-order valence-electron chi connectivity index (χ4n) is 3.12. The second-order valence-electron chi connectivity index (χ2n) is 7.58. The van der Waals surface area contributed by atoms with Crippen LogP contribution in [0.1, 0.15) is 43.6 Å². The minimum Gasteiger partial charge on any atom is -0.478 e. The van der Waals surface area contributed by atoms with Crippen LogP contribution in [0.5, 0.6) is 0 Å². The molecule has 2 amide bonds. The summed E-state index contributed by atoms with van der Waals surface area (Å²) in [5, 5.41) is 26.3. The molecule has 0 aliphatic carbocycles. The number of carboxylic acid groups (broad SMARTS) is 1. The van der Waals surface area contributed by atoms with Crippen LogP contribution in [-0.4, -0.2) is 65.3 Å². The van der Waals surface area contributed by atoms with Gasteiger partial charge in [0, 0.05) is 18.5 Å². The predicted octanol–water partition coefficient (Wildman–Crippen LogP) is 2.00. The zero-order valence-electron chi connectivity index (χ0n) is 16.6. The summed E-state index contributed by atoms with van der Waals surface area (Å²) in [5.41, 5.74) is -2.02. The number of carboxylic acids is 1. The van der Waals surface area contributed by atoms with E-state index in [-0.39, 0.29) is 16.6 Å². The molecule has 1 heterocycles. The first-order chi connectivity index (χ1) is 13.0. The molecule has 1 aliphatic rings. The first-order valence-electron chi connectivity index (χ1n) is 9.13. The van der Waals surface area contributed by atoms with E-state index in [0.717, 1.165) is 0 Å². The SMILES string of the molecule is CC(NC(=O)N1CCOCC1)NC(C)(O)C(C)(C)c1cccc(C(=O)O)c1Cl. The number of nitrogens with one attached hydrogen (secondary N) is 2. The Bertz CT molecular complexity index is 732. The van der Waals surface area contributed by atoms with Crippen LogP contribution >= 0.6 is 11.6 Å². The van der Waals surface area contributed by atoms with Gasteiger partial charge in [0.2, 0.25) is 0 Å². The number of aliphatic hydroxyl groups is 1. The number of urea groups is 1. The van der Waals surface area contributed by atoms with E-state index in [0.29, 0.717) is 31.9 Å². The van der Waals surface area contributed by atoms with E-state index >= 15 is 0 Å². The highest BCUT2D eigenvalue weighted by molar-refractivity contribution is 6.34. The maximum absolute atomic E-state index is 12.3. The number of benzene rings is 1. The minimum atomic E-state index is -1.51. The van der Waals surface area contributed by atoms with Gasteiger partial charge in [-0.15, -0.1) is 0 Å². The molecule has 1 fully saturated rings. The molecule has 28 heavy (non-hydrogen) atoms. The fraction of sp³-hybridized carbons (Fsp3) is 0.579. The number of rotatable bonds is 6. The molecule has 2 atom stereocenters. The van der Waals surface area contributed by atoms with Crippen molar-refractivity contribution in [3.05, 3.63) is 34.3 Å². The lowest BCUT2D eigenvalue weighted by atomic mass is 9.75. The molecular weight excluding hydrogens is 386 g/mol. The van der Waals surface area contributed by atoms with Gasteiger partial charge in [0.05, 0.1) is 30.0 Å². The van der Waals surface area contributed by atoms with Crippen molar-refractivity contribution in [2.24, 2.45) is 0 Å². The third kappa shape index (κ3) is 4.75. The Morgan fingerprint density at radius 1 is 1.25 bits per heavy atom. The molecule has 1 saturated heterocycles. The van der Waals surface area contributed by atoms with Crippen molar-refractivity contribution in [3.8, 4) is 0 Å². The first-order valence-corrected chi connectivity index (χ1v) is 9.50. The second kappa shape index (κ2) is 8.65. The summed E-state index contributed by atoms with van der Waals surface area (Å²) in [4.78, 5) is 25.4. The van der Waals surface area contributed by atoms with E-state index in [1.54, 1.807) is 44.7 Å². The van der Waals surface area contributed by atoms with Gasteiger partial charge in [0.25, 0.3) is 0 Å². The van der Waals surface area contributed by atoms with E-state index in [4.69, 9.17) is 16.3 Å². The average Bonchev–Trinajstić information content (AvgIpc) is 2.61. The van der Waals surface area contributed by atoms with Crippen molar-refractivity contribution < 1.29 is 24.5 Å². The highest BCUT2D eigenvalue weighted by atomic mass is 35.5. The quantitative estimate of drug-likeness (QED) is 0.531. The minimum absolute atomic E-state index is 0.0308. The van der Waals surface area contributed by atoms with Gasteiger partial charge in [0.1, 0.15) is 5.72 Å². The standard InChI is InChI=1S/C19H28ClN3O5/c1-12(21-17(26)23-8-10-28-11-9-23)22-19(4,27)18(2,3)14-7-5-6-13(15(14)20)16(24)25/h5-7,12,22,27H,8-11H2,1-4H3,(H,21,26)(H,24,25). The summed E-state index contributed by atoms with van der Waals surface area (Å²) in [7, 11) is 0. The number of amides is 2. The summed E-state index contributed by atoms with van der Waals surface area (Å²) in [6.45, 7) is 8.81. The summed E-state index contributed by atoms with van der Waals surface area (Å²) in [6, 6.07) is 4.44. The molecule has 0 radical (unpaired) electrons. The van der Waals surface area contributed by atoms with E-state index in [9.17, 15) is 19.8 Å². The Morgan fingerprint density at radius 2 is 1.86 bits per heavy atom. The number of hydrogen-bond acceptors (Lipinski definition) is 5. The maximum atomic E-state index is 12.3. The lowest BCUT2D eigenvalue weighted by Gasteiger charge is -2.43. The summed E-state index contributed by atoms with van der Waals surface area (Å²) in [6.07, 6.45) is -0.550. The number of morpholine rings is 1. The molecule has 1 aromatic carbocycles. The zero-order chi connectivity index (χ0) is 21.1. The third-order valence-corrected chi connectivity index (χ3v) is 5.66. The lowest BCUT2D eigenvalue weighted by Crippen LogP contribution is -2.63. The van der Waals surface area contributed by atoms with Crippen molar-refractivity contribution in [1.82, 2.24) is 15.5 Å². The number of hydrogen-bond donors (Lipinski definition) is 4. The van der Waals surface area contributed by atoms with Crippen molar-refractivity contribution in [2.75, 3.05) is 26.3 Å². The van der Waals surface area contributed by atoms with Crippen molar-refractivity contribution in [3.63, 3.8) is 0 Å².